The summed E-state index contributed by atoms with van der Waals surface area (Å²) in [7, 11) is 0. The summed E-state index contributed by atoms with van der Waals surface area (Å²) < 4.78 is 0. The molecule has 2 nitrogen and oxygen atoms in total. The van der Waals surface area contributed by atoms with Crippen LogP contribution in [-0.4, -0.2) is 11.8 Å². The van der Waals surface area contributed by atoms with Gasteiger partial charge in [-0.1, -0.05) is 19.3 Å². The second kappa shape index (κ2) is 3.44. The van der Waals surface area contributed by atoms with Gasteiger partial charge in [0, 0.05) is 12.6 Å². The van der Waals surface area contributed by atoms with Crippen molar-refractivity contribution in [1.29, 1.82) is 0 Å². The normalized spacial score (nSPS) is 26.2. The summed E-state index contributed by atoms with van der Waals surface area (Å²) in [4.78, 5) is 0. The first-order valence-corrected chi connectivity index (χ1v) is 4.20. The van der Waals surface area contributed by atoms with E-state index in [0.29, 0.717) is 5.54 Å². The van der Waals surface area contributed by atoms with Gasteiger partial charge in [-0.15, -0.1) is 12.4 Å². The smallest absolute Gasteiger partial charge is 0.0598 e. The number of nitrogens with one attached hydrogen (secondary N) is 1. The topological polar surface area (TPSA) is 24.4 Å². The highest BCUT2D eigenvalue weighted by Gasteiger charge is 2.32. The van der Waals surface area contributed by atoms with Crippen molar-refractivity contribution >= 4 is 18.6 Å². The lowest BCUT2D eigenvalue weighted by atomic mass is 9.81. The molecule has 1 fully saturated rings. The van der Waals surface area contributed by atoms with Crippen molar-refractivity contribution in [3.05, 3.63) is 0 Å². The Kier molecular flexibility index (Phi) is 2.77. The monoisotopic (exact) mass is 174 g/mol. The van der Waals surface area contributed by atoms with Crippen LogP contribution in [-0.2, 0) is 0 Å². The van der Waals surface area contributed by atoms with E-state index in [9.17, 15) is 0 Å². The zero-order valence-electron chi connectivity index (χ0n) is 6.68. The predicted octanol–water partition coefficient (Wildman–Crippen LogP) is 2.09. The zero-order valence-corrected chi connectivity index (χ0v) is 7.49. The van der Waals surface area contributed by atoms with Gasteiger partial charge in [-0.2, -0.15) is 5.10 Å². The lowest BCUT2D eigenvalue weighted by Crippen LogP contribution is -2.40. The van der Waals surface area contributed by atoms with Crippen molar-refractivity contribution in [3.8, 4) is 0 Å². The Balaban J connectivity index is 0.000000605. The molecule has 0 atom stereocenters. The van der Waals surface area contributed by atoms with Gasteiger partial charge in [-0.3, -0.25) is 0 Å². The molecule has 1 heterocycles. The van der Waals surface area contributed by atoms with E-state index in [4.69, 9.17) is 0 Å². The molecule has 0 aromatic carbocycles. The third-order valence-corrected chi connectivity index (χ3v) is 2.69. The first-order chi connectivity index (χ1) is 4.91. The fraction of sp³-hybridized carbons (Fsp3) is 0.875. The number of halogens is 1. The van der Waals surface area contributed by atoms with E-state index in [-0.39, 0.29) is 12.4 Å². The van der Waals surface area contributed by atoms with Crippen LogP contribution in [0, 0.1) is 0 Å². The van der Waals surface area contributed by atoms with Gasteiger partial charge in [-0.05, 0) is 12.8 Å². The lowest BCUT2D eigenvalue weighted by Gasteiger charge is -2.32. The molecule has 0 unspecified atom stereocenters. The van der Waals surface area contributed by atoms with Crippen LogP contribution in [0.25, 0.3) is 0 Å². The second-order valence-corrected chi connectivity index (χ2v) is 3.47. The Bertz CT molecular complexity index is 140. The highest BCUT2D eigenvalue weighted by Crippen LogP contribution is 2.32. The number of rotatable bonds is 0. The number of hydrogen-bond donors (Lipinski definition) is 1. The van der Waals surface area contributed by atoms with Crippen LogP contribution >= 0.6 is 12.4 Å². The molecule has 1 aliphatic heterocycles. The van der Waals surface area contributed by atoms with Gasteiger partial charge in [0.1, 0.15) is 0 Å². The zero-order chi connectivity index (χ0) is 6.86. The summed E-state index contributed by atoms with van der Waals surface area (Å²) in [6.07, 6.45) is 10.0. The number of hydrogen-bond acceptors (Lipinski definition) is 2. The van der Waals surface area contributed by atoms with Crippen molar-refractivity contribution in [1.82, 2.24) is 5.43 Å². The summed E-state index contributed by atoms with van der Waals surface area (Å²) in [6, 6.07) is 0. The number of hydrazone groups is 1. The Morgan fingerprint density at radius 1 is 1.18 bits per heavy atom. The molecule has 1 N–H and O–H groups in total. The maximum absolute atomic E-state index is 4.09. The van der Waals surface area contributed by atoms with Crippen LogP contribution in [0.4, 0.5) is 0 Å². The average molecular weight is 175 g/mol. The molecule has 0 amide bonds. The number of nitrogens with zero attached hydrogens (tertiary/aromatic N) is 1. The molecule has 0 aromatic heterocycles. The van der Waals surface area contributed by atoms with Crippen LogP contribution in [0.2, 0.25) is 0 Å². The summed E-state index contributed by atoms with van der Waals surface area (Å²) >= 11 is 0. The molecule has 1 aliphatic carbocycles. The summed E-state index contributed by atoms with van der Waals surface area (Å²) in [5, 5.41) is 4.09. The van der Waals surface area contributed by atoms with Gasteiger partial charge in [0.15, 0.2) is 0 Å². The van der Waals surface area contributed by atoms with Crippen LogP contribution in [0.1, 0.15) is 38.5 Å². The van der Waals surface area contributed by atoms with Gasteiger partial charge in [0.05, 0.1) is 5.54 Å². The molecule has 0 saturated heterocycles. The summed E-state index contributed by atoms with van der Waals surface area (Å²) in [5.74, 6) is 0. The third kappa shape index (κ3) is 1.67. The van der Waals surface area contributed by atoms with Crippen molar-refractivity contribution in [2.24, 2.45) is 5.10 Å². The quantitative estimate of drug-likeness (QED) is 0.598. The molecule has 0 bridgehead atoms. The van der Waals surface area contributed by atoms with Gasteiger partial charge in [0.2, 0.25) is 0 Å². The van der Waals surface area contributed by atoms with Gasteiger partial charge >= 0.3 is 0 Å². The van der Waals surface area contributed by atoms with E-state index in [1.54, 1.807) is 0 Å². The molecular formula is C8H15ClN2. The van der Waals surface area contributed by atoms with Crippen LogP contribution in [0.5, 0.6) is 0 Å². The second-order valence-electron chi connectivity index (χ2n) is 3.47. The Hall–Kier alpha value is -0.240. The first kappa shape index (κ1) is 8.85. The Morgan fingerprint density at radius 3 is 2.45 bits per heavy atom. The summed E-state index contributed by atoms with van der Waals surface area (Å²) in [5.41, 5.74) is 3.64. The molecule has 3 heteroatoms. The van der Waals surface area contributed by atoms with E-state index in [2.05, 4.69) is 10.5 Å². The molecule has 0 aromatic rings. The maximum atomic E-state index is 4.09. The Labute approximate surface area is 73.9 Å². The minimum absolute atomic E-state index is 0. The minimum atomic E-state index is 0. The van der Waals surface area contributed by atoms with Gasteiger partial charge in [-0.25, -0.2) is 0 Å². The van der Waals surface area contributed by atoms with Gasteiger partial charge < -0.3 is 5.43 Å². The lowest BCUT2D eigenvalue weighted by molar-refractivity contribution is 0.259. The third-order valence-electron chi connectivity index (χ3n) is 2.69. The van der Waals surface area contributed by atoms with Crippen LogP contribution in [0.15, 0.2) is 5.10 Å². The SMILES string of the molecule is C1=NNC2(C1)CCCCC2.Cl. The van der Waals surface area contributed by atoms with Crippen molar-refractivity contribution in [2.45, 2.75) is 44.1 Å². The molecule has 11 heavy (non-hydrogen) atoms. The van der Waals surface area contributed by atoms with Crippen molar-refractivity contribution < 1.29 is 0 Å². The van der Waals surface area contributed by atoms with Crippen LogP contribution < -0.4 is 5.43 Å². The molecule has 1 spiro atoms. The van der Waals surface area contributed by atoms with E-state index in [1.165, 1.54) is 32.1 Å². The Morgan fingerprint density at radius 2 is 1.91 bits per heavy atom. The van der Waals surface area contributed by atoms with E-state index >= 15 is 0 Å². The average Bonchev–Trinajstić information content (AvgIpc) is 2.39. The standard InChI is InChI=1S/C8H14N2.ClH/c1-2-4-8(5-3-1)6-7-9-10-8;/h7,10H,1-6H2;1H. The maximum Gasteiger partial charge on any atom is 0.0598 e. The molecule has 2 aliphatic rings. The predicted molar refractivity (Wildman–Crippen MR) is 49.3 cm³/mol. The fourth-order valence-electron chi connectivity index (χ4n) is 1.99. The van der Waals surface area contributed by atoms with Crippen LogP contribution in [0.3, 0.4) is 0 Å². The van der Waals surface area contributed by atoms with Crippen molar-refractivity contribution in [3.63, 3.8) is 0 Å². The molecule has 0 radical (unpaired) electrons. The highest BCUT2D eigenvalue weighted by atomic mass is 35.5. The van der Waals surface area contributed by atoms with E-state index < -0.39 is 0 Å². The minimum Gasteiger partial charge on any atom is -0.304 e. The van der Waals surface area contributed by atoms with Crippen molar-refractivity contribution in [2.75, 3.05) is 0 Å². The van der Waals surface area contributed by atoms with E-state index in [0.717, 1.165) is 6.42 Å². The largest absolute Gasteiger partial charge is 0.304 e. The highest BCUT2D eigenvalue weighted by molar-refractivity contribution is 5.85. The first-order valence-electron chi connectivity index (χ1n) is 4.20. The molecule has 1 saturated carbocycles. The molecule has 64 valence electrons. The van der Waals surface area contributed by atoms with Gasteiger partial charge in [0.25, 0.3) is 0 Å². The molecular weight excluding hydrogens is 160 g/mol. The van der Waals surface area contributed by atoms with E-state index in [1.807, 2.05) is 6.21 Å². The fourth-order valence-corrected chi connectivity index (χ4v) is 1.99. The molecule has 2 rings (SSSR count). The summed E-state index contributed by atoms with van der Waals surface area (Å²) in [6.45, 7) is 0.